The summed E-state index contributed by atoms with van der Waals surface area (Å²) in [6.07, 6.45) is -6.36. The zero-order valence-corrected chi connectivity index (χ0v) is 17.4. The lowest BCUT2D eigenvalue weighted by Crippen LogP contribution is -2.39. The molecule has 0 spiro atoms. The largest absolute Gasteiger partial charge is 0.459 e. The van der Waals surface area contributed by atoms with Crippen molar-refractivity contribution in [3.05, 3.63) is 105 Å². The standard InChI is InChI=1S/C23H18F2N2O7/c24-15-11-27(23(31)26-19(15)28)20-17(25)18(34-22(30)14-9-5-2-6-10-14)16(33-20)12-32-21(29)13-7-3-1-4-8-13/h1-11,16-18,20H,12H2,(H,26,28,31)/t16-,17+,18-,20-/m0/s1. The number of ether oxygens (including phenoxy) is 3. The average molecular weight is 472 g/mol. The van der Waals surface area contributed by atoms with Gasteiger partial charge in [0.2, 0.25) is 5.82 Å². The van der Waals surface area contributed by atoms with Crippen LogP contribution in [0, 0.1) is 5.82 Å². The zero-order chi connectivity index (χ0) is 24.2. The van der Waals surface area contributed by atoms with E-state index in [4.69, 9.17) is 14.2 Å². The Morgan fingerprint density at radius 1 is 0.971 bits per heavy atom. The molecule has 1 fully saturated rings. The molecular formula is C23H18F2N2O7. The number of rotatable bonds is 6. The summed E-state index contributed by atoms with van der Waals surface area (Å²) in [6, 6.07) is 15.7. The lowest BCUT2D eigenvalue weighted by Gasteiger charge is -2.19. The van der Waals surface area contributed by atoms with E-state index in [9.17, 15) is 23.6 Å². The molecule has 11 heteroatoms. The molecule has 1 aliphatic heterocycles. The van der Waals surface area contributed by atoms with E-state index in [-0.39, 0.29) is 11.1 Å². The Morgan fingerprint density at radius 2 is 1.56 bits per heavy atom. The predicted molar refractivity (Wildman–Crippen MR) is 112 cm³/mol. The Bertz CT molecular complexity index is 1290. The van der Waals surface area contributed by atoms with Crippen molar-refractivity contribution in [1.29, 1.82) is 0 Å². The first-order valence-corrected chi connectivity index (χ1v) is 10.1. The van der Waals surface area contributed by atoms with Crippen LogP contribution in [0.3, 0.4) is 0 Å². The van der Waals surface area contributed by atoms with Crippen LogP contribution in [0.15, 0.2) is 76.4 Å². The number of hydrogen-bond acceptors (Lipinski definition) is 7. The second kappa shape index (κ2) is 9.79. The molecule has 0 unspecified atom stereocenters. The van der Waals surface area contributed by atoms with Crippen LogP contribution in [0.1, 0.15) is 26.9 Å². The Labute approximate surface area is 190 Å². The van der Waals surface area contributed by atoms with E-state index in [1.165, 1.54) is 24.3 Å². The number of aromatic amines is 1. The van der Waals surface area contributed by atoms with Crippen molar-refractivity contribution in [2.75, 3.05) is 6.61 Å². The number of benzene rings is 2. The molecule has 1 saturated heterocycles. The fourth-order valence-corrected chi connectivity index (χ4v) is 3.42. The topological polar surface area (TPSA) is 117 Å². The predicted octanol–water partition coefficient (Wildman–Crippen LogP) is 1.99. The van der Waals surface area contributed by atoms with Crippen LogP contribution in [-0.4, -0.2) is 46.5 Å². The maximum atomic E-state index is 15.4. The number of aromatic nitrogens is 2. The molecule has 0 aliphatic carbocycles. The first-order chi connectivity index (χ1) is 16.3. The van der Waals surface area contributed by atoms with Gasteiger partial charge in [-0.2, -0.15) is 4.39 Å². The smallest absolute Gasteiger partial charge is 0.338 e. The van der Waals surface area contributed by atoms with E-state index in [1.807, 2.05) is 0 Å². The Hall–Kier alpha value is -4.12. The van der Waals surface area contributed by atoms with Crippen LogP contribution >= 0.6 is 0 Å². The van der Waals surface area contributed by atoms with E-state index in [1.54, 1.807) is 41.4 Å². The fraction of sp³-hybridized carbons (Fsp3) is 0.217. The highest BCUT2D eigenvalue weighted by molar-refractivity contribution is 5.90. The van der Waals surface area contributed by atoms with Crippen LogP contribution in [0.5, 0.6) is 0 Å². The molecule has 0 saturated carbocycles. The lowest BCUT2D eigenvalue weighted by atomic mass is 10.1. The van der Waals surface area contributed by atoms with Gasteiger partial charge in [0, 0.05) is 0 Å². The number of nitrogens with one attached hydrogen (secondary N) is 1. The van der Waals surface area contributed by atoms with Gasteiger partial charge in [-0.05, 0) is 24.3 Å². The molecule has 3 aromatic rings. The number of H-pyrrole nitrogens is 1. The fourth-order valence-electron chi connectivity index (χ4n) is 3.42. The SMILES string of the molecule is O=C(OC[C@@H]1O[C@H](n2cc(F)c(=O)[nH]c2=O)[C@H](F)[C@H]1OC(=O)c1ccccc1)c1ccccc1. The highest BCUT2D eigenvalue weighted by Crippen LogP contribution is 2.34. The van der Waals surface area contributed by atoms with Gasteiger partial charge in [-0.15, -0.1) is 0 Å². The maximum Gasteiger partial charge on any atom is 0.338 e. The minimum Gasteiger partial charge on any atom is -0.459 e. The Kier molecular flexibility index (Phi) is 6.64. The monoisotopic (exact) mass is 472 g/mol. The molecule has 0 amide bonds. The average Bonchev–Trinajstić information content (AvgIpc) is 3.15. The van der Waals surface area contributed by atoms with Gasteiger partial charge >= 0.3 is 17.6 Å². The van der Waals surface area contributed by atoms with E-state index in [2.05, 4.69) is 0 Å². The summed E-state index contributed by atoms with van der Waals surface area (Å²) in [7, 11) is 0. The van der Waals surface area contributed by atoms with Crippen molar-refractivity contribution in [3.8, 4) is 0 Å². The van der Waals surface area contributed by atoms with E-state index < -0.39 is 60.2 Å². The van der Waals surface area contributed by atoms with E-state index in [0.29, 0.717) is 10.8 Å². The third kappa shape index (κ3) is 4.79. The third-order valence-corrected chi connectivity index (χ3v) is 5.11. The first kappa shape index (κ1) is 23.1. The molecular weight excluding hydrogens is 454 g/mol. The molecule has 2 aromatic carbocycles. The summed E-state index contributed by atoms with van der Waals surface area (Å²) in [4.78, 5) is 50.0. The van der Waals surface area contributed by atoms with Crippen molar-refractivity contribution < 1.29 is 32.6 Å². The molecule has 0 bridgehead atoms. The molecule has 34 heavy (non-hydrogen) atoms. The molecule has 1 aliphatic rings. The molecule has 2 heterocycles. The van der Waals surface area contributed by atoms with Crippen molar-refractivity contribution in [3.63, 3.8) is 0 Å². The summed E-state index contributed by atoms with van der Waals surface area (Å²) in [5.74, 6) is -2.95. The molecule has 176 valence electrons. The van der Waals surface area contributed by atoms with E-state index >= 15 is 4.39 Å². The molecule has 1 aromatic heterocycles. The van der Waals surface area contributed by atoms with Crippen molar-refractivity contribution in [1.82, 2.24) is 9.55 Å². The van der Waals surface area contributed by atoms with Gasteiger partial charge < -0.3 is 14.2 Å². The molecule has 0 radical (unpaired) electrons. The number of esters is 2. The second-order valence-electron chi connectivity index (χ2n) is 7.35. The molecule has 4 rings (SSSR count). The normalized spacial score (nSPS) is 21.7. The third-order valence-electron chi connectivity index (χ3n) is 5.11. The number of hydrogen-bond donors (Lipinski definition) is 1. The van der Waals surface area contributed by atoms with Crippen LogP contribution in [0.25, 0.3) is 0 Å². The van der Waals surface area contributed by atoms with Gasteiger partial charge in [0.15, 0.2) is 18.5 Å². The molecule has 4 atom stereocenters. The number of nitrogens with zero attached hydrogens (tertiary/aromatic N) is 1. The van der Waals surface area contributed by atoms with Crippen molar-refractivity contribution in [2.24, 2.45) is 0 Å². The highest BCUT2D eigenvalue weighted by Gasteiger charge is 2.49. The quantitative estimate of drug-likeness (QED) is 0.546. The van der Waals surface area contributed by atoms with Crippen LogP contribution in [-0.2, 0) is 14.2 Å². The van der Waals surface area contributed by atoms with Gasteiger partial charge in [-0.3, -0.25) is 14.3 Å². The number of halogens is 2. The van der Waals surface area contributed by atoms with Crippen LogP contribution in [0.4, 0.5) is 8.78 Å². The van der Waals surface area contributed by atoms with Gasteiger partial charge in [-0.1, -0.05) is 36.4 Å². The summed E-state index contributed by atoms with van der Waals surface area (Å²) >= 11 is 0. The van der Waals surface area contributed by atoms with Crippen LogP contribution in [0.2, 0.25) is 0 Å². The van der Waals surface area contributed by atoms with Gasteiger partial charge in [0.05, 0.1) is 17.3 Å². The van der Waals surface area contributed by atoms with Crippen molar-refractivity contribution in [2.45, 2.75) is 24.6 Å². The zero-order valence-electron chi connectivity index (χ0n) is 17.4. The molecule has 9 nitrogen and oxygen atoms in total. The van der Waals surface area contributed by atoms with E-state index in [0.717, 1.165) is 0 Å². The van der Waals surface area contributed by atoms with Gasteiger partial charge in [-0.25, -0.2) is 18.8 Å². The van der Waals surface area contributed by atoms with Gasteiger partial charge in [0.25, 0.3) is 5.56 Å². The second-order valence-corrected chi connectivity index (χ2v) is 7.35. The summed E-state index contributed by atoms with van der Waals surface area (Å²) < 4.78 is 45.7. The molecule has 1 N–H and O–H groups in total. The number of carbonyl (C=O) groups excluding carboxylic acids is 2. The maximum absolute atomic E-state index is 15.4. The summed E-state index contributed by atoms with van der Waals surface area (Å²) in [5, 5.41) is 0. The Balaban J connectivity index is 1.59. The van der Waals surface area contributed by atoms with Crippen molar-refractivity contribution >= 4 is 11.9 Å². The van der Waals surface area contributed by atoms with Crippen LogP contribution < -0.4 is 11.2 Å². The summed E-state index contributed by atoms with van der Waals surface area (Å²) in [6.45, 7) is -0.530. The number of alkyl halides is 1. The number of carbonyl (C=O) groups is 2. The minimum absolute atomic E-state index is 0.130. The Morgan fingerprint density at radius 3 is 2.18 bits per heavy atom. The minimum atomic E-state index is -2.16. The highest BCUT2D eigenvalue weighted by atomic mass is 19.1. The summed E-state index contributed by atoms with van der Waals surface area (Å²) in [5.41, 5.74) is -2.06. The first-order valence-electron chi connectivity index (χ1n) is 10.1. The lowest BCUT2D eigenvalue weighted by molar-refractivity contribution is -0.0594. The van der Waals surface area contributed by atoms with Gasteiger partial charge in [0.1, 0.15) is 12.7 Å².